The number of nitrogens with one attached hydrogen (secondary N) is 1. The van der Waals surface area contributed by atoms with Gasteiger partial charge in [0, 0.05) is 12.6 Å². The van der Waals surface area contributed by atoms with Crippen LogP contribution in [-0.4, -0.2) is 22.5 Å². The van der Waals surface area contributed by atoms with Crippen molar-refractivity contribution in [3.63, 3.8) is 0 Å². The van der Waals surface area contributed by atoms with Crippen molar-refractivity contribution in [2.24, 2.45) is 5.84 Å². The van der Waals surface area contributed by atoms with E-state index in [0.717, 1.165) is 23.0 Å². The van der Waals surface area contributed by atoms with Gasteiger partial charge in [0.15, 0.2) is 0 Å². The Morgan fingerprint density at radius 1 is 1.47 bits per heavy atom. The molecule has 2 atom stereocenters. The molecule has 1 heterocycles. The first kappa shape index (κ1) is 16.6. The first-order chi connectivity index (χ1) is 9.06. The quantitative estimate of drug-likeness (QED) is 0.567. The van der Waals surface area contributed by atoms with Crippen LogP contribution < -0.4 is 11.3 Å². The van der Waals surface area contributed by atoms with E-state index in [4.69, 9.17) is 10.6 Å². The minimum absolute atomic E-state index is 0.0468. The molecule has 0 aliphatic heterocycles. The SMILES string of the molecule is CCCC(OCC)C(NN)c1c(Br)cnn1C(C)C. The summed E-state index contributed by atoms with van der Waals surface area (Å²) < 4.78 is 8.79. The molecule has 19 heavy (non-hydrogen) atoms. The van der Waals surface area contributed by atoms with Gasteiger partial charge in [0.1, 0.15) is 0 Å². The summed E-state index contributed by atoms with van der Waals surface area (Å²) in [4.78, 5) is 0. The lowest BCUT2D eigenvalue weighted by Crippen LogP contribution is -2.39. The summed E-state index contributed by atoms with van der Waals surface area (Å²) in [6.45, 7) is 9.04. The average Bonchev–Trinajstić information content (AvgIpc) is 2.73. The number of nitrogens with two attached hydrogens (primary N) is 1. The first-order valence-corrected chi connectivity index (χ1v) is 7.66. The fraction of sp³-hybridized carbons (Fsp3) is 0.769. The Kier molecular flexibility index (Phi) is 6.99. The summed E-state index contributed by atoms with van der Waals surface area (Å²) in [6, 6.07) is 0.209. The number of rotatable bonds is 8. The van der Waals surface area contributed by atoms with Crippen LogP contribution in [0, 0.1) is 0 Å². The topological polar surface area (TPSA) is 65.1 Å². The van der Waals surface area contributed by atoms with E-state index in [-0.39, 0.29) is 18.2 Å². The second-order valence-corrected chi connectivity index (χ2v) is 5.70. The van der Waals surface area contributed by atoms with Crippen LogP contribution in [0.15, 0.2) is 10.7 Å². The van der Waals surface area contributed by atoms with Crippen molar-refractivity contribution in [3.8, 4) is 0 Å². The molecule has 0 aliphatic carbocycles. The van der Waals surface area contributed by atoms with E-state index in [1.165, 1.54) is 0 Å². The van der Waals surface area contributed by atoms with Gasteiger partial charge in [0.25, 0.3) is 0 Å². The second kappa shape index (κ2) is 7.99. The van der Waals surface area contributed by atoms with Gasteiger partial charge >= 0.3 is 0 Å². The molecule has 0 aliphatic rings. The maximum Gasteiger partial charge on any atom is 0.0901 e. The van der Waals surface area contributed by atoms with Crippen molar-refractivity contribution in [1.82, 2.24) is 15.2 Å². The molecular weight excluding hydrogens is 308 g/mol. The largest absolute Gasteiger partial charge is 0.376 e. The molecule has 0 fully saturated rings. The van der Waals surface area contributed by atoms with Gasteiger partial charge in [-0.3, -0.25) is 10.5 Å². The Labute approximate surface area is 124 Å². The number of hydrogen-bond acceptors (Lipinski definition) is 4. The maximum atomic E-state index is 5.84. The van der Waals surface area contributed by atoms with Crippen molar-refractivity contribution in [2.75, 3.05) is 6.61 Å². The van der Waals surface area contributed by atoms with Gasteiger partial charge in [0.2, 0.25) is 0 Å². The van der Waals surface area contributed by atoms with E-state index in [2.05, 4.69) is 47.2 Å². The average molecular weight is 333 g/mol. The van der Waals surface area contributed by atoms with E-state index < -0.39 is 0 Å². The number of hydrogen-bond donors (Lipinski definition) is 2. The third-order valence-electron chi connectivity index (χ3n) is 3.08. The molecule has 0 radical (unpaired) electrons. The molecular formula is C13H25BrN4O. The van der Waals surface area contributed by atoms with Crippen LogP contribution in [0.1, 0.15) is 58.3 Å². The van der Waals surface area contributed by atoms with Gasteiger partial charge in [-0.15, -0.1) is 0 Å². The lowest BCUT2D eigenvalue weighted by Gasteiger charge is -2.28. The molecule has 0 aromatic carbocycles. The molecule has 1 aromatic heterocycles. The van der Waals surface area contributed by atoms with E-state index in [0.29, 0.717) is 6.61 Å². The van der Waals surface area contributed by atoms with Crippen LogP contribution in [0.3, 0.4) is 0 Å². The predicted octanol–water partition coefficient (Wildman–Crippen LogP) is 2.94. The van der Waals surface area contributed by atoms with E-state index >= 15 is 0 Å². The summed E-state index contributed by atoms with van der Waals surface area (Å²) >= 11 is 3.56. The Morgan fingerprint density at radius 2 is 2.16 bits per heavy atom. The third-order valence-corrected chi connectivity index (χ3v) is 3.69. The van der Waals surface area contributed by atoms with Gasteiger partial charge in [-0.05, 0) is 43.1 Å². The van der Waals surface area contributed by atoms with Crippen LogP contribution in [0.25, 0.3) is 0 Å². The third kappa shape index (κ3) is 4.02. The number of hydrazine groups is 1. The minimum atomic E-state index is -0.0702. The molecule has 5 nitrogen and oxygen atoms in total. The Bertz CT molecular complexity index is 375. The van der Waals surface area contributed by atoms with Crippen molar-refractivity contribution in [2.45, 2.75) is 58.7 Å². The molecule has 0 bridgehead atoms. The molecule has 0 amide bonds. The molecule has 6 heteroatoms. The van der Waals surface area contributed by atoms with Gasteiger partial charge in [-0.2, -0.15) is 5.10 Å². The van der Waals surface area contributed by atoms with Crippen LogP contribution in [0.2, 0.25) is 0 Å². The smallest absolute Gasteiger partial charge is 0.0901 e. The summed E-state index contributed by atoms with van der Waals surface area (Å²) in [5.74, 6) is 5.77. The monoisotopic (exact) mass is 332 g/mol. The zero-order chi connectivity index (χ0) is 14.4. The summed E-state index contributed by atoms with van der Waals surface area (Å²) in [5, 5.41) is 4.41. The minimum Gasteiger partial charge on any atom is -0.376 e. The molecule has 1 rings (SSSR count). The molecule has 0 saturated heterocycles. The fourth-order valence-electron chi connectivity index (χ4n) is 2.26. The second-order valence-electron chi connectivity index (χ2n) is 4.84. The van der Waals surface area contributed by atoms with Gasteiger partial charge in [0.05, 0.1) is 28.5 Å². The highest BCUT2D eigenvalue weighted by molar-refractivity contribution is 9.10. The zero-order valence-electron chi connectivity index (χ0n) is 12.2. The Balaban J connectivity index is 3.09. The standard InChI is InChI=1S/C13H25BrN4O/c1-5-7-11(19-6-2)12(17-15)13-10(14)8-16-18(13)9(3)4/h8-9,11-12,17H,5-7,15H2,1-4H3. The van der Waals surface area contributed by atoms with E-state index in [9.17, 15) is 0 Å². The van der Waals surface area contributed by atoms with Crippen molar-refractivity contribution in [3.05, 3.63) is 16.4 Å². The van der Waals surface area contributed by atoms with Gasteiger partial charge in [-0.1, -0.05) is 13.3 Å². The number of halogens is 1. The maximum absolute atomic E-state index is 5.84. The molecule has 3 N–H and O–H groups in total. The highest BCUT2D eigenvalue weighted by Gasteiger charge is 2.28. The van der Waals surface area contributed by atoms with Gasteiger partial charge < -0.3 is 4.74 Å². The number of nitrogens with zero attached hydrogens (tertiary/aromatic N) is 2. The van der Waals surface area contributed by atoms with Gasteiger partial charge in [-0.25, -0.2) is 5.43 Å². The number of aromatic nitrogens is 2. The summed E-state index contributed by atoms with van der Waals surface area (Å²) in [7, 11) is 0. The van der Waals surface area contributed by atoms with Crippen LogP contribution in [-0.2, 0) is 4.74 Å². The van der Waals surface area contributed by atoms with Crippen molar-refractivity contribution >= 4 is 15.9 Å². The zero-order valence-corrected chi connectivity index (χ0v) is 13.8. The fourth-order valence-corrected chi connectivity index (χ4v) is 2.78. The predicted molar refractivity (Wildman–Crippen MR) is 80.7 cm³/mol. The summed E-state index contributed by atoms with van der Waals surface area (Å²) in [5.41, 5.74) is 3.94. The van der Waals surface area contributed by atoms with Crippen LogP contribution in [0.5, 0.6) is 0 Å². The highest BCUT2D eigenvalue weighted by Crippen LogP contribution is 2.30. The molecule has 2 unspecified atom stereocenters. The van der Waals surface area contributed by atoms with Crippen LogP contribution >= 0.6 is 15.9 Å². The highest BCUT2D eigenvalue weighted by atomic mass is 79.9. The number of ether oxygens (including phenoxy) is 1. The normalized spacial score (nSPS) is 14.9. The Morgan fingerprint density at radius 3 is 2.63 bits per heavy atom. The van der Waals surface area contributed by atoms with Crippen molar-refractivity contribution < 1.29 is 4.74 Å². The summed E-state index contributed by atoms with van der Waals surface area (Å²) in [6.07, 6.45) is 3.87. The Hall–Kier alpha value is -0.430. The lowest BCUT2D eigenvalue weighted by atomic mass is 10.0. The van der Waals surface area contributed by atoms with E-state index in [1.807, 2.05) is 17.8 Å². The lowest BCUT2D eigenvalue weighted by molar-refractivity contribution is 0.0249. The first-order valence-electron chi connectivity index (χ1n) is 6.87. The van der Waals surface area contributed by atoms with Crippen LogP contribution in [0.4, 0.5) is 0 Å². The molecule has 1 aromatic rings. The molecule has 0 saturated carbocycles. The molecule has 0 spiro atoms. The molecule has 110 valence electrons. The van der Waals surface area contributed by atoms with E-state index in [1.54, 1.807) is 0 Å². The van der Waals surface area contributed by atoms with Crippen molar-refractivity contribution in [1.29, 1.82) is 0 Å².